The number of nitrogens with zero attached hydrogens (tertiary/aromatic N) is 2. The van der Waals surface area contributed by atoms with E-state index in [0.29, 0.717) is 13.1 Å². The zero-order valence-electron chi connectivity index (χ0n) is 8.94. The summed E-state index contributed by atoms with van der Waals surface area (Å²) in [5, 5.41) is 10.9. The molecule has 1 N–H and O–H groups in total. The Morgan fingerprint density at radius 3 is 2.94 bits per heavy atom. The van der Waals surface area contributed by atoms with Crippen LogP contribution in [0.2, 0.25) is 0 Å². The third-order valence-electron chi connectivity index (χ3n) is 2.74. The maximum absolute atomic E-state index is 11.6. The van der Waals surface area contributed by atoms with Gasteiger partial charge in [-0.1, -0.05) is 24.3 Å². The highest BCUT2D eigenvalue weighted by Gasteiger charge is 2.19. The zero-order valence-corrected chi connectivity index (χ0v) is 8.94. The first-order chi connectivity index (χ1) is 7.81. The first-order valence-electron chi connectivity index (χ1n) is 5.28. The van der Waals surface area contributed by atoms with E-state index < -0.39 is 0 Å². The van der Waals surface area contributed by atoms with Crippen LogP contribution in [0.3, 0.4) is 0 Å². The molecule has 0 fully saturated rings. The maximum Gasteiger partial charge on any atom is 0.318 e. The SMILES string of the molecule is N#CCNC(=O)N1CCc2ccccc2C1. The van der Waals surface area contributed by atoms with Crippen LogP contribution in [0.5, 0.6) is 0 Å². The molecule has 0 saturated carbocycles. The maximum atomic E-state index is 11.6. The molecule has 1 heterocycles. The van der Waals surface area contributed by atoms with E-state index in [2.05, 4.69) is 11.4 Å². The van der Waals surface area contributed by atoms with Crippen LogP contribution in [0.1, 0.15) is 11.1 Å². The zero-order chi connectivity index (χ0) is 11.4. The smallest absolute Gasteiger partial charge is 0.318 e. The molecule has 4 heteroatoms. The summed E-state index contributed by atoms with van der Waals surface area (Å²) in [6, 6.07) is 9.88. The monoisotopic (exact) mass is 215 g/mol. The second-order valence-corrected chi connectivity index (χ2v) is 3.76. The normalized spacial score (nSPS) is 13.8. The molecular formula is C12H13N3O. The van der Waals surface area contributed by atoms with E-state index in [4.69, 9.17) is 5.26 Å². The molecule has 0 bridgehead atoms. The van der Waals surface area contributed by atoms with Gasteiger partial charge in [0.2, 0.25) is 0 Å². The molecule has 1 aromatic carbocycles. The lowest BCUT2D eigenvalue weighted by Gasteiger charge is -2.28. The average molecular weight is 215 g/mol. The van der Waals surface area contributed by atoms with Crippen LogP contribution in [0.15, 0.2) is 24.3 Å². The predicted octanol–water partition coefficient (Wildman–Crippen LogP) is 1.28. The van der Waals surface area contributed by atoms with E-state index in [0.717, 1.165) is 6.42 Å². The van der Waals surface area contributed by atoms with E-state index in [-0.39, 0.29) is 12.6 Å². The van der Waals surface area contributed by atoms with Crippen molar-refractivity contribution in [2.24, 2.45) is 0 Å². The summed E-state index contributed by atoms with van der Waals surface area (Å²) in [7, 11) is 0. The van der Waals surface area contributed by atoms with Gasteiger partial charge in [0.05, 0.1) is 6.07 Å². The molecule has 0 spiro atoms. The number of rotatable bonds is 1. The van der Waals surface area contributed by atoms with Crippen molar-refractivity contribution >= 4 is 6.03 Å². The molecule has 0 aliphatic carbocycles. The molecule has 0 unspecified atom stereocenters. The Morgan fingerprint density at radius 2 is 2.19 bits per heavy atom. The minimum Gasteiger partial charge on any atom is -0.325 e. The summed E-state index contributed by atoms with van der Waals surface area (Å²) >= 11 is 0. The fourth-order valence-electron chi connectivity index (χ4n) is 1.90. The van der Waals surface area contributed by atoms with Gasteiger partial charge in [0.25, 0.3) is 0 Å². The van der Waals surface area contributed by atoms with Crippen molar-refractivity contribution in [2.45, 2.75) is 13.0 Å². The minimum atomic E-state index is -0.156. The molecule has 0 radical (unpaired) electrons. The summed E-state index contributed by atoms with van der Waals surface area (Å²) in [4.78, 5) is 13.4. The Balaban J connectivity index is 2.03. The van der Waals surface area contributed by atoms with Gasteiger partial charge in [0.1, 0.15) is 6.54 Å². The van der Waals surface area contributed by atoms with Gasteiger partial charge in [-0.3, -0.25) is 0 Å². The van der Waals surface area contributed by atoms with Gasteiger partial charge < -0.3 is 10.2 Å². The molecule has 2 amide bonds. The highest BCUT2D eigenvalue weighted by Crippen LogP contribution is 2.18. The number of fused-ring (bicyclic) bond motifs is 1. The van der Waals surface area contributed by atoms with E-state index in [9.17, 15) is 4.79 Å². The molecule has 0 atom stereocenters. The Morgan fingerprint density at radius 1 is 1.44 bits per heavy atom. The summed E-state index contributed by atoms with van der Waals surface area (Å²) in [6.45, 7) is 1.42. The first kappa shape index (κ1) is 10.5. The quantitative estimate of drug-likeness (QED) is 0.717. The molecular weight excluding hydrogens is 202 g/mol. The van der Waals surface area contributed by atoms with Crippen molar-refractivity contribution in [3.05, 3.63) is 35.4 Å². The number of urea groups is 1. The third-order valence-corrected chi connectivity index (χ3v) is 2.74. The second kappa shape index (κ2) is 4.67. The summed E-state index contributed by atoms with van der Waals surface area (Å²) < 4.78 is 0. The Labute approximate surface area is 94.5 Å². The van der Waals surface area contributed by atoms with E-state index in [1.807, 2.05) is 24.3 Å². The van der Waals surface area contributed by atoms with Crippen LogP contribution in [-0.2, 0) is 13.0 Å². The van der Waals surface area contributed by atoms with Crippen molar-refractivity contribution in [3.63, 3.8) is 0 Å². The van der Waals surface area contributed by atoms with E-state index in [1.165, 1.54) is 11.1 Å². The van der Waals surface area contributed by atoms with Crippen molar-refractivity contribution in [3.8, 4) is 6.07 Å². The lowest BCUT2D eigenvalue weighted by Crippen LogP contribution is -2.42. The van der Waals surface area contributed by atoms with Crippen LogP contribution < -0.4 is 5.32 Å². The van der Waals surface area contributed by atoms with Crippen LogP contribution in [0, 0.1) is 11.3 Å². The summed E-state index contributed by atoms with van der Waals surface area (Å²) in [5.74, 6) is 0. The molecule has 4 nitrogen and oxygen atoms in total. The molecule has 16 heavy (non-hydrogen) atoms. The molecule has 0 saturated heterocycles. The van der Waals surface area contributed by atoms with Gasteiger partial charge in [0.15, 0.2) is 0 Å². The van der Waals surface area contributed by atoms with Crippen molar-refractivity contribution in [1.82, 2.24) is 10.2 Å². The molecule has 82 valence electrons. The minimum absolute atomic E-state index is 0.0664. The molecule has 1 aliphatic rings. The second-order valence-electron chi connectivity index (χ2n) is 3.76. The predicted molar refractivity (Wildman–Crippen MR) is 59.6 cm³/mol. The number of carbonyl (C=O) groups is 1. The number of benzene rings is 1. The van der Waals surface area contributed by atoms with E-state index >= 15 is 0 Å². The number of hydrogen-bond acceptors (Lipinski definition) is 2. The van der Waals surface area contributed by atoms with Crippen LogP contribution in [0.25, 0.3) is 0 Å². The highest BCUT2D eigenvalue weighted by atomic mass is 16.2. The van der Waals surface area contributed by atoms with Gasteiger partial charge in [0, 0.05) is 13.1 Å². The van der Waals surface area contributed by atoms with Crippen molar-refractivity contribution in [2.75, 3.05) is 13.1 Å². The third kappa shape index (κ3) is 2.14. The van der Waals surface area contributed by atoms with Crippen molar-refractivity contribution < 1.29 is 4.79 Å². The molecule has 1 aliphatic heterocycles. The van der Waals surface area contributed by atoms with Crippen LogP contribution >= 0.6 is 0 Å². The van der Waals surface area contributed by atoms with Gasteiger partial charge in [-0.05, 0) is 17.5 Å². The number of carbonyl (C=O) groups excluding carboxylic acids is 1. The fourth-order valence-corrected chi connectivity index (χ4v) is 1.90. The summed E-state index contributed by atoms with van der Waals surface area (Å²) in [6.07, 6.45) is 0.885. The van der Waals surface area contributed by atoms with Crippen LogP contribution in [-0.4, -0.2) is 24.0 Å². The number of amides is 2. The Hall–Kier alpha value is -2.02. The number of nitrogens with one attached hydrogen (secondary N) is 1. The van der Waals surface area contributed by atoms with E-state index in [1.54, 1.807) is 4.90 Å². The molecule has 2 rings (SSSR count). The standard InChI is InChI=1S/C12H13N3O/c13-6-7-14-12(16)15-8-5-10-3-1-2-4-11(10)9-15/h1-4H,5,7-9H2,(H,14,16). The van der Waals surface area contributed by atoms with Crippen LogP contribution in [0.4, 0.5) is 4.79 Å². The first-order valence-corrected chi connectivity index (χ1v) is 5.28. The van der Waals surface area contributed by atoms with Gasteiger partial charge in [-0.2, -0.15) is 5.26 Å². The Bertz CT molecular complexity index is 436. The van der Waals surface area contributed by atoms with Gasteiger partial charge in [-0.25, -0.2) is 4.79 Å². The van der Waals surface area contributed by atoms with Gasteiger partial charge in [-0.15, -0.1) is 0 Å². The summed E-state index contributed by atoms with van der Waals surface area (Å²) in [5.41, 5.74) is 2.51. The molecule has 1 aromatic rings. The molecule has 0 aromatic heterocycles. The van der Waals surface area contributed by atoms with Crippen molar-refractivity contribution in [1.29, 1.82) is 5.26 Å². The fraction of sp³-hybridized carbons (Fsp3) is 0.333. The number of nitriles is 1. The Kier molecular flexibility index (Phi) is 3.06. The average Bonchev–Trinajstić information content (AvgIpc) is 2.35. The lowest BCUT2D eigenvalue weighted by molar-refractivity contribution is 0.193. The topological polar surface area (TPSA) is 56.1 Å². The highest BCUT2D eigenvalue weighted by molar-refractivity contribution is 5.74. The number of hydrogen-bond donors (Lipinski definition) is 1. The van der Waals surface area contributed by atoms with Gasteiger partial charge >= 0.3 is 6.03 Å². The lowest BCUT2D eigenvalue weighted by atomic mass is 10.0. The largest absolute Gasteiger partial charge is 0.325 e.